The molecular weight excluding hydrogens is 306 g/mol. The van der Waals surface area contributed by atoms with Crippen molar-refractivity contribution < 1.29 is 13.2 Å². The molecule has 2 atom stereocenters. The molecule has 9 heteroatoms. The average Bonchev–Trinajstić information content (AvgIpc) is 3.20. The van der Waals surface area contributed by atoms with Crippen molar-refractivity contribution in [1.82, 2.24) is 19.8 Å². The minimum Gasteiger partial charge on any atom is -0.348 e. The molecule has 0 radical (unpaired) electrons. The molecule has 1 aromatic rings. The van der Waals surface area contributed by atoms with E-state index in [1.165, 1.54) is 24.0 Å². The van der Waals surface area contributed by atoms with Gasteiger partial charge in [0.25, 0.3) is 0 Å². The first kappa shape index (κ1) is 16.9. The van der Waals surface area contributed by atoms with Crippen molar-refractivity contribution in [2.75, 3.05) is 6.54 Å². The first-order valence-electron chi connectivity index (χ1n) is 7.21. The number of sulfonamides is 1. The number of amides is 1. The predicted octanol–water partition coefficient (Wildman–Crippen LogP) is -0.669. The molecule has 2 rings (SSSR count). The van der Waals surface area contributed by atoms with Crippen molar-refractivity contribution in [3.63, 3.8) is 0 Å². The Hall–Kier alpha value is -1.45. The number of aryl methyl sites for hydroxylation is 1. The van der Waals surface area contributed by atoms with E-state index < -0.39 is 21.6 Å². The quantitative estimate of drug-likeness (QED) is 0.613. The molecule has 1 saturated carbocycles. The molecule has 2 unspecified atom stereocenters. The molecule has 22 heavy (non-hydrogen) atoms. The van der Waals surface area contributed by atoms with E-state index in [9.17, 15) is 13.2 Å². The summed E-state index contributed by atoms with van der Waals surface area (Å²) in [6.45, 7) is 3.73. The van der Waals surface area contributed by atoms with Crippen LogP contribution in [0.2, 0.25) is 0 Å². The minimum atomic E-state index is -3.78. The average molecular weight is 329 g/mol. The summed E-state index contributed by atoms with van der Waals surface area (Å²) in [5, 5.41) is 6.69. The highest BCUT2D eigenvalue weighted by Gasteiger charge is 2.42. The number of hydrogen-bond donors (Lipinski definition) is 3. The minimum absolute atomic E-state index is 0.0263. The zero-order chi connectivity index (χ0) is 16.5. The first-order valence-corrected chi connectivity index (χ1v) is 8.69. The van der Waals surface area contributed by atoms with Gasteiger partial charge in [0.2, 0.25) is 15.9 Å². The lowest BCUT2D eigenvalue weighted by molar-refractivity contribution is -0.124. The van der Waals surface area contributed by atoms with Crippen molar-refractivity contribution in [1.29, 1.82) is 0 Å². The van der Waals surface area contributed by atoms with E-state index >= 15 is 0 Å². The van der Waals surface area contributed by atoms with E-state index in [1.54, 1.807) is 7.05 Å². The summed E-state index contributed by atoms with van der Waals surface area (Å²) in [5.41, 5.74) is 5.27. The molecule has 4 N–H and O–H groups in total. The monoisotopic (exact) mass is 329 g/mol. The number of carbonyl (C=O) groups is 1. The normalized spacial score (nSPS) is 19.5. The van der Waals surface area contributed by atoms with E-state index in [-0.39, 0.29) is 10.8 Å². The molecule has 0 aliphatic heterocycles. The van der Waals surface area contributed by atoms with Crippen LogP contribution < -0.4 is 15.8 Å². The van der Waals surface area contributed by atoms with Crippen molar-refractivity contribution >= 4 is 15.9 Å². The Kier molecular flexibility index (Phi) is 4.59. The topological polar surface area (TPSA) is 119 Å². The maximum Gasteiger partial charge on any atom is 0.244 e. The molecule has 0 bridgehead atoms. The van der Waals surface area contributed by atoms with Gasteiger partial charge in [0.1, 0.15) is 4.90 Å². The summed E-state index contributed by atoms with van der Waals surface area (Å²) in [5.74, 6) is -0.0177. The lowest BCUT2D eigenvalue weighted by atomic mass is 9.95. The smallest absolute Gasteiger partial charge is 0.244 e. The molecule has 1 aliphatic carbocycles. The Morgan fingerprint density at radius 2 is 2.23 bits per heavy atom. The Balaban J connectivity index is 2.02. The fourth-order valence-corrected chi connectivity index (χ4v) is 3.51. The summed E-state index contributed by atoms with van der Waals surface area (Å²) >= 11 is 0. The summed E-state index contributed by atoms with van der Waals surface area (Å²) in [4.78, 5) is 12.3. The second-order valence-corrected chi connectivity index (χ2v) is 7.79. The van der Waals surface area contributed by atoms with Gasteiger partial charge >= 0.3 is 0 Å². The van der Waals surface area contributed by atoms with E-state index in [0.29, 0.717) is 12.5 Å². The van der Waals surface area contributed by atoms with Crippen molar-refractivity contribution in [2.24, 2.45) is 18.7 Å². The lowest BCUT2D eigenvalue weighted by Gasteiger charge is -2.31. The summed E-state index contributed by atoms with van der Waals surface area (Å²) in [6.07, 6.45) is 4.68. The number of carbonyl (C=O) groups excluding carboxylic acids is 1. The Morgan fingerprint density at radius 1 is 1.59 bits per heavy atom. The van der Waals surface area contributed by atoms with Crippen molar-refractivity contribution in [2.45, 2.75) is 43.2 Å². The maximum absolute atomic E-state index is 12.2. The zero-order valence-electron chi connectivity index (χ0n) is 13.0. The largest absolute Gasteiger partial charge is 0.348 e. The van der Waals surface area contributed by atoms with Crippen LogP contribution in [0.4, 0.5) is 0 Å². The number of nitrogens with zero attached hydrogens (tertiary/aromatic N) is 2. The highest BCUT2D eigenvalue weighted by Crippen LogP contribution is 2.38. The van der Waals surface area contributed by atoms with E-state index in [2.05, 4.69) is 15.1 Å². The highest BCUT2D eigenvalue weighted by atomic mass is 32.2. The molecule has 0 aromatic carbocycles. The van der Waals surface area contributed by atoms with E-state index in [4.69, 9.17) is 5.73 Å². The van der Waals surface area contributed by atoms with Gasteiger partial charge in [-0.3, -0.25) is 9.48 Å². The molecule has 8 nitrogen and oxygen atoms in total. The van der Waals surface area contributed by atoms with Crippen molar-refractivity contribution in [3.8, 4) is 0 Å². The number of hydrogen-bond acceptors (Lipinski definition) is 5. The second kappa shape index (κ2) is 5.98. The molecule has 1 aromatic heterocycles. The van der Waals surface area contributed by atoms with Crippen molar-refractivity contribution in [3.05, 3.63) is 12.4 Å². The van der Waals surface area contributed by atoms with Gasteiger partial charge in [-0.2, -0.15) is 9.82 Å². The third-order valence-corrected chi connectivity index (χ3v) is 5.52. The van der Waals surface area contributed by atoms with Gasteiger partial charge < -0.3 is 11.1 Å². The first-order chi connectivity index (χ1) is 10.2. The van der Waals surface area contributed by atoms with E-state index in [1.807, 2.05) is 6.92 Å². The summed E-state index contributed by atoms with van der Waals surface area (Å²) in [7, 11) is -2.15. The Bertz CT molecular complexity index is 652. The standard InChI is InChI=1S/C13H23N5O3S/c1-9(12(19)16-13(2,8-14)10-4-5-10)17-22(20,21)11-6-15-18(3)7-11/h6-7,9-10,17H,4-5,8,14H2,1-3H3,(H,16,19). The molecule has 1 heterocycles. The van der Waals surface area contributed by atoms with Gasteiger partial charge in [0.15, 0.2) is 0 Å². The van der Waals surface area contributed by atoms with Crippen LogP contribution in [0.25, 0.3) is 0 Å². The van der Waals surface area contributed by atoms with Crippen LogP contribution in [0.15, 0.2) is 17.3 Å². The maximum atomic E-state index is 12.2. The van der Waals surface area contributed by atoms with Crippen LogP contribution in [0.1, 0.15) is 26.7 Å². The van der Waals surface area contributed by atoms with E-state index in [0.717, 1.165) is 12.8 Å². The molecule has 1 amide bonds. The van der Waals surface area contributed by atoms with Crippen LogP contribution in [-0.4, -0.2) is 42.2 Å². The molecule has 124 valence electrons. The van der Waals surface area contributed by atoms with Crippen LogP contribution in [0, 0.1) is 5.92 Å². The zero-order valence-corrected chi connectivity index (χ0v) is 13.9. The molecule has 1 fully saturated rings. The van der Waals surface area contributed by atoms with Crippen LogP contribution >= 0.6 is 0 Å². The number of aromatic nitrogens is 2. The predicted molar refractivity (Wildman–Crippen MR) is 81.3 cm³/mol. The molecular formula is C13H23N5O3S. The molecule has 1 aliphatic rings. The summed E-state index contributed by atoms with van der Waals surface area (Å²) in [6, 6.07) is -0.894. The van der Waals surface area contributed by atoms with Gasteiger partial charge in [0, 0.05) is 19.8 Å². The fraction of sp³-hybridized carbons (Fsp3) is 0.692. The second-order valence-electron chi connectivity index (χ2n) is 6.08. The fourth-order valence-electron chi connectivity index (χ4n) is 2.32. The van der Waals surface area contributed by atoms with Crippen LogP contribution in [0.3, 0.4) is 0 Å². The number of nitrogens with one attached hydrogen (secondary N) is 2. The SMILES string of the molecule is CC(NS(=O)(=O)c1cnn(C)c1)C(=O)NC(C)(CN)C1CC1. The third kappa shape index (κ3) is 3.65. The van der Waals surface area contributed by atoms with Gasteiger partial charge in [-0.05, 0) is 32.6 Å². The number of rotatable bonds is 7. The number of nitrogens with two attached hydrogens (primary N) is 1. The third-order valence-electron chi connectivity index (χ3n) is 4.03. The van der Waals surface area contributed by atoms with Crippen LogP contribution in [-0.2, 0) is 21.9 Å². The van der Waals surface area contributed by atoms with Gasteiger partial charge in [-0.25, -0.2) is 8.42 Å². The van der Waals surface area contributed by atoms with Gasteiger partial charge in [-0.1, -0.05) is 0 Å². The van der Waals surface area contributed by atoms with Gasteiger partial charge in [-0.15, -0.1) is 0 Å². The van der Waals surface area contributed by atoms with Crippen LogP contribution in [0.5, 0.6) is 0 Å². The van der Waals surface area contributed by atoms with Gasteiger partial charge in [0.05, 0.1) is 17.8 Å². The Labute approximate surface area is 130 Å². The highest BCUT2D eigenvalue weighted by molar-refractivity contribution is 7.89. The molecule has 0 saturated heterocycles. The molecule has 0 spiro atoms. The summed E-state index contributed by atoms with van der Waals surface area (Å²) < 4.78 is 28.1. The lowest BCUT2D eigenvalue weighted by Crippen LogP contribution is -2.57. The Morgan fingerprint density at radius 3 is 2.68 bits per heavy atom.